The van der Waals surface area contributed by atoms with Crippen LogP contribution in [0.3, 0.4) is 0 Å². The van der Waals surface area contributed by atoms with E-state index in [1.807, 2.05) is 57.4 Å². The molecule has 178 valence electrons. The van der Waals surface area contributed by atoms with Crippen LogP contribution in [-0.2, 0) is 0 Å². The zero-order valence-electron chi connectivity index (χ0n) is 19.6. The number of nitrogens with one attached hydrogen (secondary N) is 2. The van der Waals surface area contributed by atoms with Gasteiger partial charge >= 0.3 is 6.03 Å². The molecule has 0 bridgehead atoms. The van der Waals surface area contributed by atoms with E-state index in [0.717, 1.165) is 12.0 Å². The smallest absolute Gasteiger partial charge is 0.322 e. The van der Waals surface area contributed by atoms with Gasteiger partial charge in [-0.15, -0.1) is 11.3 Å². The molecule has 0 aliphatic carbocycles. The van der Waals surface area contributed by atoms with Gasteiger partial charge in [-0.3, -0.25) is 4.79 Å². The minimum absolute atomic E-state index is 0.143. The van der Waals surface area contributed by atoms with Crippen LogP contribution in [0.5, 0.6) is 0 Å². The molecule has 0 radical (unpaired) electrons. The second-order valence-electron chi connectivity index (χ2n) is 9.01. The molecule has 2 aromatic heterocycles. The van der Waals surface area contributed by atoms with Crippen molar-refractivity contribution in [3.8, 4) is 11.3 Å². The number of hydrogen-bond acceptors (Lipinski definition) is 7. The summed E-state index contributed by atoms with van der Waals surface area (Å²) in [6, 6.07) is 7.35. The first-order valence-electron chi connectivity index (χ1n) is 10.9. The average Bonchev–Trinajstić information content (AvgIpc) is 3.14. The molecular formula is C24H28N6O2S2. The van der Waals surface area contributed by atoms with Crippen LogP contribution in [0.25, 0.3) is 21.5 Å². The van der Waals surface area contributed by atoms with E-state index in [2.05, 4.69) is 21.7 Å². The van der Waals surface area contributed by atoms with E-state index in [4.69, 9.17) is 10.7 Å². The Bertz CT molecular complexity index is 1280. The molecule has 4 rings (SSSR count). The van der Waals surface area contributed by atoms with Crippen LogP contribution < -0.4 is 16.4 Å². The number of aromatic nitrogens is 2. The first-order valence-corrected chi connectivity index (χ1v) is 13.0. The van der Waals surface area contributed by atoms with Gasteiger partial charge in [0.15, 0.2) is 5.16 Å². The molecule has 0 atom stereocenters. The number of hydrogen-bond donors (Lipinski definition) is 3. The molecule has 0 fully saturated rings. The number of benzene rings is 1. The van der Waals surface area contributed by atoms with Gasteiger partial charge in [0.05, 0.1) is 16.8 Å². The first-order chi connectivity index (χ1) is 16.2. The zero-order chi connectivity index (χ0) is 24.5. The summed E-state index contributed by atoms with van der Waals surface area (Å²) in [5.41, 5.74) is 8.53. The summed E-state index contributed by atoms with van der Waals surface area (Å²) in [5, 5.41) is 7.17. The molecule has 3 heterocycles. The zero-order valence-corrected chi connectivity index (χ0v) is 21.3. The number of nitrogens with zero attached hydrogens (tertiary/aromatic N) is 3. The van der Waals surface area contributed by atoms with Crippen molar-refractivity contribution in [1.29, 1.82) is 0 Å². The molecule has 0 unspecified atom stereocenters. The van der Waals surface area contributed by atoms with Crippen LogP contribution in [0.1, 0.15) is 36.9 Å². The maximum absolute atomic E-state index is 12.9. The van der Waals surface area contributed by atoms with E-state index in [-0.39, 0.29) is 11.9 Å². The van der Waals surface area contributed by atoms with Crippen molar-refractivity contribution in [2.75, 3.05) is 30.4 Å². The number of nitrogen functional groups attached to an aromatic ring is 1. The van der Waals surface area contributed by atoms with Crippen molar-refractivity contribution in [3.05, 3.63) is 41.3 Å². The van der Waals surface area contributed by atoms with E-state index < -0.39 is 5.54 Å². The predicted molar refractivity (Wildman–Crippen MR) is 141 cm³/mol. The minimum atomic E-state index is -0.394. The summed E-state index contributed by atoms with van der Waals surface area (Å²) in [6.45, 7) is 7.05. The lowest BCUT2D eigenvalue weighted by Crippen LogP contribution is -2.40. The first kappa shape index (κ1) is 24.0. The van der Waals surface area contributed by atoms with Gasteiger partial charge in [0, 0.05) is 29.9 Å². The molecule has 1 aliphatic heterocycles. The maximum Gasteiger partial charge on any atom is 0.322 e. The van der Waals surface area contributed by atoms with Crippen LogP contribution >= 0.6 is 23.1 Å². The summed E-state index contributed by atoms with van der Waals surface area (Å²) < 4.78 is 0. The Balaban J connectivity index is 1.73. The molecule has 0 spiro atoms. The van der Waals surface area contributed by atoms with Crippen molar-refractivity contribution >= 4 is 56.6 Å². The Labute approximate surface area is 207 Å². The van der Waals surface area contributed by atoms with Gasteiger partial charge in [-0.2, -0.15) is 0 Å². The lowest BCUT2D eigenvalue weighted by atomic mass is 10.1. The van der Waals surface area contributed by atoms with Crippen LogP contribution in [0, 0.1) is 0 Å². The number of anilines is 2. The molecular weight excluding hydrogens is 468 g/mol. The number of fused-ring (bicyclic) bond motifs is 1. The number of nitrogens with two attached hydrogens (primary N) is 1. The van der Waals surface area contributed by atoms with Gasteiger partial charge in [-0.05, 0) is 45.6 Å². The number of thiophene rings is 1. The monoisotopic (exact) mass is 496 g/mol. The Morgan fingerprint density at radius 1 is 1.21 bits per heavy atom. The normalized spacial score (nSPS) is 13.8. The Hall–Kier alpha value is -3.11. The fourth-order valence-corrected chi connectivity index (χ4v) is 5.05. The third-order valence-corrected chi connectivity index (χ3v) is 6.82. The molecule has 10 heteroatoms. The van der Waals surface area contributed by atoms with Crippen molar-refractivity contribution < 1.29 is 9.59 Å². The second-order valence-corrected chi connectivity index (χ2v) is 10.8. The van der Waals surface area contributed by atoms with E-state index in [1.54, 1.807) is 4.90 Å². The van der Waals surface area contributed by atoms with Gasteiger partial charge in [-0.25, -0.2) is 14.8 Å². The van der Waals surface area contributed by atoms with Crippen molar-refractivity contribution in [3.63, 3.8) is 0 Å². The van der Waals surface area contributed by atoms with Crippen molar-refractivity contribution in [2.45, 2.75) is 37.9 Å². The average molecular weight is 497 g/mol. The minimum Gasteiger partial charge on any atom is -0.397 e. The highest BCUT2D eigenvalue weighted by Crippen LogP contribution is 2.40. The Morgan fingerprint density at radius 3 is 2.68 bits per heavy atom. The SMILES string of the molecule is CSc1nc(-c2cccc(NC(=O)N3CC=CCC3)c2)c2c(N)c(C(=O)NC(C)(C)C)sc2n1. The topological polar surface area (TPSA) is 113 Å². The number of urea groups is 1. The summed E-state index contributed by atoms with van der Waals surface area (Å²) in [7, 11) is 0. The highest BCUT2D eigenvalue weighted by atomic mass is 32.2. The van der Waals surface area contributed by atoms with Crippen LogP contribution in [0.4, 0.5) is 16.2 Å². The number of amides is 3. The van der Waals surface area contributed by atoms with Gasteiger partial charge in [0.25, 0.3) is 5.91 Å². The number of carbonyl (C=O) groups excluding carboxylic acids is 2. The maximum atomic E-state index is 12.9. The van der Waals surface area contributed by atoms with Crippen molar-refractivity contribution in [2.24, 2.45) is 0 Å². The molecule has 3 amide bonds. The summed E-state index contributed by atoms with van der Waals surface area (Å²) >= 11 is 2.68. The quantitative estimate of drug-likeness (QED) is 0.267. The number of thioether (sulfide) groups is 1. The number of rotatable bonds is 4. The molecule has 8 nitrogen and oxygen atoms in total. The van der Waals surface area contributed by atoms with Gasteiger partial charge in [-0.1, -0.05) is 36.0 Å². The highest BCUT2D eigenvalue weighted by molar-refractivity contribution is 7.98. The van der Waals surface area contributed by atoms with E-state index in [1.165, 1.54) is 23.1 Å². The van der Waals surface area contributed by atoms with Crippen molar-refractivity contribution in [1.82, 2.24) is 20.2 Å². The lowest BCUT2D eigenvalue weighted by molar-refractivity contribution is 0.0924. The fraction of sp³-hybridized carbons (Fsp3) is 0.333. The molecule has 1 aromatic carbocycles. The molecule has 34 heavy (non-hydrogen) atoms. The molecule has 0 saturated carbocycles. The summed E-state index contributed by atoms with van der Waals surface area (Å²) in [6.07, 6.45) is 6.83. The Kier molecular flexibility index (Phi) is 6.81. The Morgan fingerprint density at radius 2 is 2.00 bits per heavy atom. The van der Waals surface area contributed by atoms with E-state index in [0.29, 0.717) is 50.4 Å². The molecule has 4 N–H and O–H groups in total. The van der Waals surface area contributed by atoms with Gasteiger partial charge in [0.1, 0.15) is 9.71 Å². The van der Waals surface area contributed by atoms with E-state index >= 15 is 0 Å². The predicted octanol–water partition coefficient (Wildman–Crippen LogP) is 4.98. The highest BCUT2D eigenvalue weighted by Gasteiger charge is 2.25. The van der Waals surface area contributed by atoms with Crippen LogP contribution in [-0.4, -0.2) is 51.7 Å². The number of carbonyl (C=O) groups is 2. The molecule has 1 aliphatic rings. The fourth-order valence-electron chi connectivity index (χ4n) is 3.64. The standard InChI is InChI=1S/C24H28N6O2S2/c1-24(2,3)29-20(31)19-17(25)16-18(27-22(33-4)28-21(16)34-19)14-9-8-10-15(13-14)26-23(32)30-11-6-5-7-12-30/h5-6,8-10,13H,7,11-12,25H2,1-4H3,(H,26,32)(H,29,31). The van der Waals surface area contributed by atoms with Crippen LogP contribution in [0.15, 0.2) is 41.6 Å². The lowest BCUT2D eigenvalue weighted by Gasteiger charge is -2.23. The summed E-state index contributed by atoms with van der Waals surface area (Å²) in [4.78, 5) is 37.7. The van der Waals surface area contributed by atoms with Crippen LogP contribution in [0.2, 0.25) is 0 Å². The third-order valence-electron chi connectivity index (χ3n) is 5.18. The van der Waals surface area contributed by atoms with E-state index in [9.17, 15) is 9.59 Å². The third kappa shape index (κ3) is 5.18. The molecule has 0 saturated heterocycles. The van der Waals surface area contributed by atoms with Gasteiger partial charge < -0.3 is 21.3 Å². The largest absolute Gasteiger partial charge is 0.397 e. The molecule has 3 aromatic rings. The summed E-state index contributed by atoms with van der Waals surface area (Å²) in [5.74, 6) is -0.235. The second kappa shape index (κ2) is 9.63. The van der Waals surface area contributed by atoms with Gasteiger partial charge in [0.2, 0.25) is 0 Å².